The van der Waals surface area contributed by atoms with Crippen molar-refractivity contribution >= 4 is 33.5 Å². The zero-order valence-corrected chi connectivity index (χ0v) is 22.4. The molecule has 0 saturated carbocycles. The van der Waals surface area contributed by atoms with Gasteiger partial charge in [-0.15, -0.1) is 11.3 Å². The third-order valence-corrected chi connectivity index (χ3v) is 8.33. The van der Waals surface area contributed by atoms with E-state index < -0.39 is 17.1 Å². The molecule has 1 amide bonds. The molecule has 4 heterocycles. The number of amides is 1. The Kier molecular flexibility index (Phi) is 7.08. The highest BCUT2D eigenvalue weighted by atomic mass is 32.1. The first-order valence-electron chi connectivity index (χ1n) is 11.8. The summed E-state index contributed by atoms with van der Waals surface area (Å²) in [6.45, 7) is 4.65. The molecule has 1 N–H and O–H groups in total. The molecule has 0 radical (unpaired) electrons. The predicted molar refractivity (Wildman–Crippen MR) is 142 cm³/mol. The first-order valence-corrected chi connectivity index (χ1v) is 13.4. The van der Waals surface area contributed by atoms with E-state index >= 15 is 0 Å². The highest BCUT2D eigenvalue weighted by Gasteiger charge is 2.21. The van der Waals surface area contributed by atoms with E-state index in [1.54, 1.807) is 32.6 Å². The molecule has 1 aliphatic heterocycles. The number of nitrogens with zero attached hydrogens (tertiary/aromatic N) is 6. The molecule has 9 nitrogen and oxygen atoms in total. The van der Waals surface area contributed by atoms with Crippen molar-refractivity contribution in [3.8, 4) is 16.5 Å². The Hall–Kier alpha value is -3.19. The van der Waals surface area contributed by atoms with E-state index in [0.29, 0.717) is 22.0 Å². The molecule has 1 fully saturated rings. The van der Waals surface area contributed by atoms with E-state index in [9.17, 15) is 19.1 Å². The van der Waals surface area contributed by atoms with Gasteiger partial charge in [0.05, 0.1) is 0 Å². The lowest BCUT2D eigenvalue weighted by atomic mass is 10.0. The number of likely N-dealkylation sites (N-methyl/N-ethyl adjacent to an activating group) is 1. The van der Waals surface area contributed by atoms with E-state index in [1.807, 2.05) is 0 Å². The second kappa shape index (κ2) is 10.3. The van der Waals surface area contributed by atoms with Crippen LogP contribution in [0.25, 0.3) is 15.7 Å². The Balaban J connectivity index is 1.42. The van der Waals surface area contributed by atoms with E-state index in [2.05, 4.69) is 26.8 Å². The number of carbonyl (C=O) groups is 1. The Labute approximate surface area is 221 Å². The smallest absolute Gasteiger partial charge is 0.301 e. The highest BCUT2D eigenvalue weighted by Crippen LogP contribution is 2.32. The predicted octanol–water partition coefficient (Wildman–Crippen LogP) is 2.76. The largest absolute Gasteiger partial charge is 0.501 e. The molecular formula is C25H27FN6O3S2. The van der Waals surface area contributed by atoms with Gasteiger partial charge in [-0.05, 0) is 24.7 Å². The van der Waals surface area contributed by atoms with Gasteiger partial charge in [-0.25, -0.2) is 14.4 Å². The second-order valence-electron chi connectivity index (χ2n) is 9.35. The fraction of sp³-hybridized carbons (Fsp3) is 0.360. The van der Waals surface area contributed by atoms with Crippen molar-refractivity contribution in [2.75, 3.05) is 47.3 Å². The minimum Gasteiger partial charge on any atom is -0.501 e. The number of rotatable bonds is 6. The van der Waals surface area contributed by atoms with Gasteiger partial charge >= 0.3 is 5.56 Å². The maximum atomic E-state index is 13.8. The van der Waals surface area contributed by atoms with Gasteiger partial charge in [0.2, 0.25) is 5.75 Å². The molecule has 194 valence electrons. The molecule has 1 aliphatic rings. The van der Waals surface area contributed by atoms with Crippen LogP contribution in [0.3, 0.4) is 0 Å². The van der Waals surface area contributed by atoms with Crippen LogP contribution in [-0.4, -0.2) is 87.4 Å². The van der Waals surface area contributed by atoms with Crippen LogP contribution >= 0.6 is 22.7 Å². The standard InChI is InChI=1S/C25H27FN6O3S2/c1-29(2)23(34)19-11-16(26)5-4-15(19)10-17-12-27-22(36-17)20-21(33)24(35)32-14-18(37-25(32)28-20)13-31-8-6-30(3)7-9-31/h4-5,11-12,14,33H,6-10,13H2,1-3H3. The van der Waals surface area contributed by atoms with Gasteiger partial charge < -0.3 is 14.9 Å². The third-order valence-electron chi connectivity index (χ3n) is 6.36. The minimum atomic E-state index is -0.532. The van der Waals surface area contributed by atoms with Gasteiger partial charge in [0.15, 0.2) is 4.96 Å². The summed E-state index contributed by atoms with van der Waals surface area (Å²) in [7, 11) is 5.34. The molecule has 4 aromatic rings. The van der Waals surface area contributed by atoms with Crippen LogP contribution in [-0.2, 0) is 13.0 Å². The molecule has 0 aliphatic carbocycles. The zero-order chi connectivity index (χ0) is 26.3. The molecule has 0 atom stereocenters. The van der Waals surface area contributed by atoms with E-state index in [4.69, 9.17) is 0 Å². The Bertz CT molecular complexity index is 1520. The molecule has 12 heteroatoms. The number of thiazole rings is 2. The van der Waals surface area contributed by atoms with E-state index in [-0.39, 0.29) is 17.2 Å². The van der Waals surface area contributed by atoms with Crippen molar-refractivity contribution in [1.82, 2.24) is 29.1 Å². The second-order valence-corrected chi connectivity index (χ2v) is 11.6. The van der Waals surface area contributed by atoms with Crippen molar-refractivity contribution in [1.29, 1.82) is 0 Å². The lowest BCUT2D eigenvalue weighted by Gasteiger charge is -2.31. The summed E-state index contributed by atoms with van der Waals surface area (Å²) >= 11 is 2.70. The number of carbonyl (C=O) groups excluding carboxylic acids is 1. The van der Waals surface area contributed by atoms with Gasteiger partial charge in [0.25, 0.3) is 5.91 Å². The van der Waals surface area contributed by atoms with E-state index in [0.717, 1.165) is 42.5 Å². The Morgan fingerprint density at radius 3 is 2.65 bits per heavy atom. The van der Waals surface area contributed by atoms with Crippen molar-refractivity contribution < 1.29 is 14.3 Å². The van der Waals surface area contributed by atoms with Gasteiger partial charge in [0, 0.05) is 81.0 Å². The number of fused-ring (bicyclic) bond motifs is 1. The van der Waals surface area contributed by atoms with Crippen LogP contribution < -0.4 is 5.56 Å². The number of aromatic nitrogens is 3. The minimum absolute atomic E-state index is 0.137. The molecule has 0 unspecified atom stereocenters. The molecule has 1 saturated heterocycles. The van der Waals surface area contributed by atoms with Gasteiger partial charge in [0.1, 0.15) is 16.5 Å². The molecule has 37 heavy (non-hydrogen) atoms. The van der Waals surface area contributed by atoms with E-state index in [1.165, 1.54) is 44.1 Å². The number of hydrogen-bond acceptors (Lipinski definition) is 9. The molecule has 5 rings (SSSR count). The van der Waals surface area contributed by atoms with Crippen molar-refractivity contribution in [2.45, 2.75) is 13.0 Å². The molecule has 0 spiro atoms. The number of aromatic hydroxyl groups is 1. The fourth-order valence-electron chi connectivity index (χ4n) is 4.26. The van der Waals surface area contributed by atoms with Crippen LogP contribution in [0, 0.1) is 5.82 Å². The fourth-order valence-corrected chi connectivity index (χ4v) is 6.19. The average molecular weight is 543 g/mol. The zero-order valence-electron chi connectivity index (χ0n) is 20.8. The molecular weight excluding hydrogens is 515 g/mol. The summed E-state index contributed by atoms with van der Waals surface area (Å²) in [5.74, 6) is -1.22. The summed E-state index contributed by atoms with van der Waals surface area (Å²) in [5.41, 5.74) is 0.551. The summed E-state index contributed by atoms with van der Waals surface area (Å²) in [6, 6.07) is 4.15. The van der Waals surface area contributed by atoms with Crippen LogP contribution in [0.5, 0.6) is 5.75 Å². The summed E-state index contributed by atoms with van der Waals surface area (Å²) in [4.78, 5) is 42.8. The number of halogens is 1. The molecule has 0 bridgehead atoms. The maximum Gasteiger partial charge on any atom is 0.301 e. The van der Waals surface area contributed by atoms with Crippen molar-refractivity contribution in [2.24, 2.45) is 0 Å². The number of benzene rings is 1. The number of piperazine rings is 1. The molecule has 3 aromatic heterocycles. The van der Waals surface area contributed by atoms with Crippen molar-refractivity contribution in [3.63, 3.8) is 0 Å². The topological polar surface area (TPSA) is 94.3 Å². The highest BCUT2D eigenvalue weighted by molar-refractivity contribution is 7.17. The van der Waals surface area contributed by atoms with Crippen LogP contribution in [0.15, 0.2) is 35.4 Å². The average Bonchev–Trinajstić information content (AvgIpc) is 3.50. The van der Waals surface area contributed by atoms with Gasteiger partial charge in [-0.3, -0.25) is 18.9 Å². The van der Waals surface area contributed by atoms with Crippen LogP contribution in [0.2, 0.25) is 0 Å². The maximum absolute atomic E-state index is 13.8. The monoisotopic (exact) mass is 542 g/mol. The first kappa shape index (κ1) is 25.5. The normalized spacial score (nSPS) is 14.9. The van der Waals surface area contributed by atoms with Gasteiger partial charge in [-0.2, -0.15) is 0 Å². The number of hydrogen-bond donors (Lipinski definition) is 1. The summed E-state index contributed by atoms with van der Waals surface area (Å²) in [5, 5.41) is 11.1. The summed E-state index contributed by atoms with van der Waals surface area (Å²) < 4.78 is 15.2. The molecule has 1 aromatic carbocycles. The first-order chi connectivity index (χ1) is 17.7. The Morgan fingerprint density at radius 1 is 1.16 bits per heavy atom. The van der Waals surface area contributed by atoms with Crippen molar-refractivity contribution in [3.05, 3.63) is 67.6 Å². The van der Waals surface area contributed by atoms with Crippen LogP contribution in [0.4, 0.5) is 4.39 Å². The summed E-state index contributed by atoms with van der Waals surface area (Å²) in [6.07, 6.45) is 3.73. The van der Waals surface area contributed by atoms with Crippen LogP contribution in [0.1, 0.15) is 25.7 Å². The SMILES string of the molecule is CN1CCN(Cc2cn3c(=O)c(O)c(-c4ncc(Cc5ccc(F)cc5C(=O)N(C)C)s4)nc3s2)CC1. The Morgan fingerprint density at radius 2 is 1.92 bits per heavy atom. The lowest BCUT2D eigenvalue weighted by Crippen LogP contribution is -2.43. The lowest BCUT2D eigenvalue weighted by molar-refractivity contribution is 0.0826. The van der Waals surface area contributed by atoms with Gasteiger partial charge in [-0.1, -0.05) is 17.4 Å². The third kappa shape index (κ3) is 5.28. The quantitative estimate of drug-likeness (QED) is 0.401.